The number of nitrogens with zero attached hydrogens (tertiary/aromatic N) is 4. The van der Waals surface area contributed by atoms with Crippen LogP contribution in [0.1, 0.15) is 19.8 Å². The number of likely N-dealkylation sites (N-methyl/N-ethyl adjacent to an activating group) is 2. The summed E-state index contributed by atoms with van der Waals surface area (Å²) < 4.78 is 0. The van der Waals surface area contributed by atoms with Crippen molar-refractivity contribution in [3.05, 3.63) is 22.2 Å². The second-order valence-corrected chi connectivity index (χ2v) is 5.53. The Labute approximate surface area is 125 Å². The van der Waals surface area contributed by atoms with Crippen molar-refractivity contribution >= 4 is 17.3 Å². The first-order valence-corrected chi connectivity index (χ1v) is 7.33. The van der Waals surface area contributed by atoms with Gasteiger partial charge in [-0.3, -0.25) is 10.1 Å². The first-order valence-electron chi connectivity index (χ1n) is 7.33. The molecule has 2 heterocycles. The molecule has 1 aliphatic rings. The highest BCUT2D eigenvalue weighted by molar-refractivity contribution is 5.56. The molecular formula is C14H23N5O2. The van der Waals surface area contributed by atoms with E-state index >= 15 is 0 Å². The summed E-state index contributed by atoms with van der Waals surface area (Å²) in [6.45, 7) is 4.69. The number of anilines is 2. The van der Waals surface area contributed by atoms with Gasteiger partial charge in [0, 0.05) is 26.2 Å². The van der Waals surface area contributed by atoms with Gasteiger partial charge in [0.2, 0.25) is 0 Å². The van der Waals surface area contributed by atoms with Crippen LogP contribution >= 0.6 is 0 Å². The van der Waals surface area contributed by atoms with Crippen LogP contribution in [0.4, 0.5) is 17.3 Å². The monoisotopic (exact) mass is 293 g/mol. The van der Waals surface area contributed by atoms with Crippen LogP contribution in [-0.4, -0.2) is 54.6 Å². The Morgan fingerprint density at radius 2 is 2.33 bits per heavy atom. The van der Waals surface area contributed by atoms with Gasteiger partial charge in [0.15, 0.2) is 0 Å². The summed E-state index contributed by atoms with van der Waals surface area (Å²) in [5.41, 5.74) is 0.0759. The number of pyridine rings is 1. The van der Waals surface area contributed by atoms with Crippen molar-refractivity contribution in [1.29, 1.82) is 0 Å². The molecule has 7 heteroatoms. The van der Waals surface area contributed by atoms with Crippen LogP contribution in [0.5, 0.6) is 0 Å². The summed E-state index contributed by atoms with van der Waals surface area (Å²) in [5.74, 6) is 1.21. The minimum Gasteiger partial charge on any atom is -0.370 e. The fraction of sp³-hybridized carbons (Fsp3) is 0.643. The van der Waals surface area contributed by atoms with E-state index in [1.807, 2.05) is 14.0 Å². The molecule has 1 aromatic heterocycles. The number of hydrogen-bond donors (Lipinski definition) is 1. The molecule has 2 rings (SSSR count). The van der Waals surface area contributed by atoms with Crippen LogP contribution in [0.15, 0.2) is 12.1 Å². The molecule has 0 aliphatic carbocycles. The quantitative estimate of drug-likeness (QED) is 0.660. The number of nitrogens with one attached hydrogen (secondary N) is 1. The smallest absolute Gasteiger partial charge is 0.276 e. The number of piperidine rings is 1. The predicted octanol–water partition coefficient (Wildman–Crippen LogP) is 1.95. The third-order valence-corrected chi connectivity index (χ3v) is 3.87. The molecule has 1 saturated heterocycles. The summed E-state index contributed by atoms with van der Waals surface area (Å²) >= 11 is 0. The zero-order chi connectivity index (χ0) is 15.4. The van der Waals surface area contributed by atoms with Crippen molar-refractivity contribution in [3.63, 3.8) is 0 Å². The van der Waals surface area contributed by atoms with Crippen LogP contribution in [0, 0.1) is 10.1 Å². The molecule has 0 bridgehead atoms. The molecule has 1 fully saturated rings. The lowest BCUT2D eigenvalue weighted by Crippen LogP contribution is -2.45. The van der Waals surface area contributed by atoms with Gasteiger partial charge >= 0.3 is 0 Å². The van der Waals surface area contributed by atoms with Crippen LogP contribution in [0.25, 0.3) is 0 Å². The van der Waals surface area contributed by atoms with Gasteiger partial charge in [0.1, 0.15) is 11.6 Å². The van der Waals surface area contributed by atoms with Gasteiger partial charge in [0.05, 0.1) is 17.1 Å². The molecule has 0 amide bonds. The van der Waals surface area contributed by atoms with Gasteiger partial charge < -0.3 is 15.1 Å². The molecule has 1 aliphatic heterocycles. The maximum absolute atomic E-state index is 11.1. The fourth-order valence-corrected chi connectivity index (χ4v) is 2.70. The van der Waals surface area contributed by atoms with Gasteiger partial charge in [-0.15, -0.1) is 0 Å². The third-order valence-electron chi connectivity index (χ3n) is 3.87. The standard InChI is InChI=1S/C14H23N5O2/c1-4-15-13-8-12(19(20)21)9-14(16-13)18(3)11-6-5-7-17(2)10-11/h8-9,11H,4-7,10H2,1-3H3,(H,15,16). The van der Waals surface area contributed by atoms with Crippen LogP contribution in [0.3, 0.4) is 0 Å². The summed E-state index contributed by atoms with van der Waals surface area (Å²) in [6, 6.07) is 3.37. The number of hydrogen-bond acceptors (Lipinski definition) is 6. The molecule has 116 valence electrons. The minimum absolute atomic E-state index is 0.0759. The lowest BCUT2D eigenvalue weighted by Gasteiger charge is -2.36. The number of aromatic nitrogens is 1. The first kappa shape index (κ1) is 15.5. The van der Waals surface area contributed by atoms with Gasteiger partial charge in [-0.05, 0) is 33.4 Å². The molecule has 21 heavy (non-hydrogen) atoms. The van der Waals surface area contributed by atoms with E-state index in [4.69, 9.17) is 0 Å². The molecular weight excluding hydrogens is 270 g/mol. The second kappa shape index (κ2) is 6.71. The molecule has 0 aromatic carbocycles. The molecule has 1 atom stereocenters. The largest absolute Gasteiger partial charge is 0.370 e. The zero-order valence-corrected chi connectivity index (χ0v) is 12.9. The Bertz CT molecular complexity index is 508. The highest BCUT2D eigenvalue weighted by atomic mass is 16.6. The Hall–Kier alpha value is -1.89. The maximum Gasteiger partial charge on any atom is 0.276 e. The number of likely N-dealkylation sites (tertiary alicyclic amines) is 1. The van der Waals surface area contributed by atoms with Crippen molar-refractivity contribution in [2.75, 3.05) is 43.9 Å². The number of nitro groups is 1. The molecule has 1 N–H and O–H groups in total. The summed E-state index contributed by atoms with van der Waals surface area (Å²) in [7, 11) is 4.07. The van der Waals surface area contributed by atoms with E-state index in [0.29, 0.717) is 24.2 Å². The SMILES string of the molecule is CCNc1cc([N+](=O)[O-])cc(N(C)C2CCCN(C)C2)n1. The third kappa shape index (κ3) is 3.81. The van der Waals surface area contributed by atoms with Crippen LogP contribution in [0.2, 0.25) is 0 Å². The molecule has 0 spiro atoms. The van der Waals surface area contributed by atoms with Crippen molar-refractivity contribution in [2.45, 2.75) is 25.8 Å². The summed E-state index contributed by atoms with van der Waals surface area (Å²) in [5, 5.41) is 14.1. The highest BCUT2D eigenvalue weighted by Gasteiger charge is 2.23. The highest BCUT2D eigenvalue weighted by Crippen LogP contribution is 2.26. The topological polar surface area (TPSA) is 74.5 Å². The predicted molar refractivity (Wildman–Crippen MR) is 84.0 cm³/mol. The van der Waals surface area contributed by atoms with Crippen molar-refractivity contribution in [1.82, 2.24) is 9.88 Å². The lowest BCUT2D eigenvalue weighted by molar-refractivity contribution is -0.384. The number of rotatable bonds is 5. The molecule has 0 radical (unpaired) electrons. The summed E-state index contributed by atoms with van der Waals surface area (Å²) in [4.78, 5) is 19.6. The van der Waals surface area contributed by atoms with E-state index in [-0.39, 0.29) is 10.6 Å². The van der Waals surface area contributed by atoms with Crippen molar-refractivity contribution < 1.29 is 4.92 Å². The van der Waals surface area contributed by atoms with E-state index in [2.05, 4.69) is 27.1 Å². The van der Waals surface area contributed by atoms with E-state index in [1.54, 1.807) is 6.07 Å². The summed E-state index contributed by atoms with van der Waals surface area (Å²) in [6.07, 6.45) is 2.22. The van der Waals surface area contributed by atoms with E-state index in [1.165, 1.54) is 6.07 Å². The Balaban J connectivity index is 2.26. The van der Waals surface area contributed by atoms with Crippen molar-refractivity contribution in [2.24, 2.45) is 0 Å². The van der Waals surface area contributed by atoms with E-state index in [0.717, 1.165) is 25.9 Å². The van der Waals surface area contributed by atoms with E-state index in [9.17, 15) is 10.1 Å². The second-order valence-electron chi connectivity index (χ2n) is 5.53. The average molecular weight is 293 g/mol. The molecule has 0 saturated carbocycles. The Morgan fingerprint density at radius 3 is 2.95 bits per heavy atom. The fourth-order valence-electron chi connectivity index (χ4n) is 2.70. The molecule has 1 unspecified atom stereocenters. The Kier molecular flexibility index (Phi) is 4.95. The first-order chi connectivity index (χ1) is 10.0. The molecule has 1 aromatic rings. The lowest BCUT2D eigenvalue weighted by atomic mass is 10.1. The Morgan fingerprint density at radius 1 is 1.57 bits per heavy atom. The van der Waals surface area contributed by atoms with Crippen LogP contribution in [-0.2, 0) is 0 Å². The van der Waals surface area contributed by atoms with E-state index < -0.39 is 0 Å². The normalized spacial score (nSPS) is 19.3. The van der Waals surface area contributed by atoms with Gasteiger partial charge in [-0.1, -0.05) is 0 Å². The van der Waals surface area contributed by atoms with Crippen molar-refractivity contribution in [3.8, 4) is 0 Å². The minimum atomic E-state index is -0.368. The van der Waals surface area contributed by atoms with Gasteiger partial charge in [-0.25, -0.2) is 4.98 Å². The maximum atomic E-state index is 11.1. The zero-order valence-electron chi connectivity index (χ0n) is 12.9. The van der Waals surface area contributed by atoms with Gasteiger partial charge in [-0.2, -0.15) is 0 Å². The van der Waals surface area contributed by atoms with Gasteiger partial charge in [0.25, 0.3) is 5.69 Å². The van der Waals surface area contributed by atoms with Crippen LogP contribution < -0.4 is 10.2 Å². The average Bonchev–Trinajstić information content (AvgIpc) is 2.46. The molecule has 7 nitrogen and oxygen atoms in total.